The van der Waals surface area contributed by atoms with E-state index in [1.807, 2.05) is 0 Å². The molecule has 0 amide bonds. The molecule has 13 heavy (non-hydrogen) atoms. The largest absolute Gasteiger partial charge is 0.481 e. The fourth-order valence-corrected chi connectivity index (χ4v) is 3.42. The molecule has 2 aliphatic rings. The minimum Gasteiger partial charge on any atom is -0.481 e. The van der Waals surface area contributed by atoms with Gasteiger partial charge in [0.2, 0.25) is 0 Å². The van der Waals surface area contributed by atoms with Crippen molar-refractivity contribution in [2.75, 3.05) is 0 Å². The first-order chi connectivity index (χ1) is 6.06. The third kappa shape index (κ3) is 1.36. The summed E-state index contributed by atoms with van der Waals surface area (Å²) in [5, 5.41) is 9.25. The van der Waals surface area contributed by atoms with Gasteiger partial charge in [-0.1, -0.05) is 19.8 Å². The van der Waals surface area contributed by atoms with Gasteiger partial charge in [-0.05, 0) is 37.5 Å². The monoisotopic (exact) mass is 182 g/mol. The van der Waals surface area contributed by atoms with Crippen molar-refractivity contribution in [3.8, 4) is 0 Å². The molecule has 2 nitrogen and oxygen atoms in total. The van der Waals surface area contributed by atoms with Gasteiger partial charge in [0.25, 0.3) is 0 Å². The average Bonchev–Trinajstić information content (AvgIpc) is 2.02. The molecule has 74 valence electrons. The van der Waals surface area contributed by atoms with Crippen LogP contribution in [0.3, 0.4) is 0 Å². The number of hydrogen-bond acceptors (Lipinski definition) is 1. The van der Waals surface area contributed by atoms with Gasteiger partial charge < -0.3 is 5.11 Å². The lowest BCUT2D eigenvalue weighted by atomic mass is 9.55. The normalized spacial score (nSPS) is 44.4. The van der Waals surface area contributed by atoms with Gasteiger partial charge in [-0.2, -0.15) is 0 Å². The minimum atomic E-state index is -0.543. The molecular weight excluding hydrogens is 164 g/mol. The maximum Gasteiger partial charge on any atom is 0.309 e. The average molecular weight is 182 g/mol. The molecule has 0 aromatic heterocycles. The molecule has 0 saturated heterocycles. The van der Waals surface area contributed by atoms with Crippen molar-refractivity contribution in [2.45, 2.75) is 51.9 Å². The highest BCUT2D eigenvalue weighted by atomic mass is 16.4. The van der Waals surface area contributed by atoms with Crippen molar-refractivity contribution in [3.63, 3.8) is 0 Å². The van der Waals surface area contributed by atoms with Crippen LogP contribution in [-0.2, 0) is 4.79 Å². The summed E-state index contributed by atoms with van der Waals surface area (Å²) in [6, 6.07) is 0. The number of aliphatic carboxylic acids is 1. The van der Waals surface area contributed by atoms with Gasteiger partial charge in [-0.15, -0.1) is 0 Å². The summed E-state index contributed by atoms with van der Waals surface area (Å²) in [4.78, 5) is 11.2. The van der Waals surface area contributed by atoms with E-state index in [2.05, 4.69) is 6.92 Å². The topological polar surface area (TPSA) is 37.3 Å². The van der Waals surface area contributed by atoms with Crippen LogP contribution in [0, 0.1) is 10.8 Å². The summed E-state index contributed by atoms with van der Waals surface area (Å²) in [5.41, 5.74) is 0.000139. The predicted molar refractivity (Wildman–Crippen MR) is 50.5 cm³/mol. The lowest BCUT2D eigenvalue weighted by molar-refractivity contribution is -0.157. The van der Waals surface area contributed by atoms with E-state index in [9.17, 15) is 9.90 Å². The molecule has 2 heteroatoms. The fraction of sp³-hybridized carbons (Fsp3) is 0.909. The fourth-order valence-electron chi connectivity index (χ4n) is 3.42. The van der Waals surface area contributed by atoms with Crippen LogP contribution in [0.1, 0.15) is 51.9 Å². The molecule has 0 radical (unpaired) electrons. The van der Waals surface area contributed by atoms with Crippen LogP contribution >= 0.6 is 0 Å². The predicted octanol–water partition coefficient (Wildman–Crippen LogP) is 2.82. The first-order valence-electron chi connectivity index (χ1n) is 5.30. The van der Waals surface area contributed by atoms with Crippen molar-refractivity contribution in [3.05, 3.63) is 0 Å². The van der Waals surface area contributed by atoms with Gasteiger partial charge in [0.15, 0.2) is 0 Å². The number of rotatable bonds is 1. The Labute approximate surface area is 79.3 Å². The highest BCUT2D eigenvalue weighted by Gasteiger charge is 2.49. The zero-order valence-electron chi connectivity index (χ0n) is 8.31. The van der Waals surface area contributed by atoms with Gasteiger partial charge in [0.1, 0.15) is 0 Å². The van der Waals surface area contributed by atoms with Gasteiger partial charge in [-0.3, -0.25) is 4.79 Å². The lowest BCUT2D eigenvalue weighted by Crippen LogP contribution is -2.43. The van der Waals surface area contributed by atoms with Crippen LogP contribution in [0.15, 0.2) is 0 Å². The smallest absolute Gasteiger partial charge is 0.309 e. The molecule has 1 N–H and O–H groups in total. The molecular formula is C11H18O2. The van der Waals surface area contributed by atoms with Crippen molar-refractivity contribution >= 4 is 5.97 Å². The molecule has 0 aliphatic heterocycles. The van der Waals surface area contributed by atoms with Gasteiger partial charge in [0, 0.05) is 0 Å². The molecule has 2 rings (SSSR count). The Balaban J connectivity index is 2.24. The molecule has 2 aliphatic carbocycles. The zero-order chi connectivity index (χ0) is 9.53. The number of fused-ring (bicyclic) bond motifs is 2. The van der Waals surface area contributed by atoms with Gasteiger partial charge >= 0.3 is 5.97 Å². The third-order valence-corrected chi connectivity index (χ3v) is 4.09. The standard InChI is InChI=1S/C11H18O2/c1-10-4-2-6-11(8-10,9(12)13)7-3-5-10/h2-8H2,1H3,(H,12,13). The van der Waals surface area contributed by atoms with E-state index in [1.165, 1.54) is 12.8 Å². The zero-order valence-corrected chi connectivity index (χ0v) is 8.31. The molecule has 0 aromatic carbocycles. The summed E-state index contributed by atoms with van der Waals surface area (Å²) in [5.74, 6) is -0.543. The maximum absolute atomic E-state index is 11.2. The number of carboxylic acids is 1. The van der Waals surface area contributed by atoms with Crippen molar-refractivity contribution in [1.82, 2.24) is 0 Å². The SMILES string of the molecule is CC12CCCC(C(=O)O)(CCC1)C2. The third-order valence-electron chi connectivity index (χ3n) is 4.09. The van der Waals surface area contributed by atoms with Crippen LogP contribution in [0.4, 0.5) is 0 Å². The molecule has 0 spiro atoms. The molecule has 0 heterocycles. The van der Waals surface area contributed by atoms with E-state index in [4.69, 9.17) is 0 Å². The number of carboxylic acid groups (broad SMARTS) is 1. The first-order valence-corrected chi connectivity index (χ1v) is 5.30. The summed E-state index contributed by atoms with van der Waals surface area (Å²) < 4.78 is 0. The molecule has 2 saturated carbocycles. The maximum atomic E-state index is 11.2. The van der Waals surface area contributed by atoms with Crippen molar-refractivity contribution in [1.29, 1.82) is 0 Å². The summed E-state index contributed by atoms with van der Waals surface area (Å²) in [6.07, 6.45) is 7.46. The molecule has 2 bridgehead atoms. The van der Waals surface area contributed by atoms with Crippen LogP contribution in [0.25, 0.3) is 0 Å². The van der Waals surface area contributed by atoms with Gasteiger partial charge in [0.05, 0.1) is 5.41 Å². The van der Waals surface area contributed by atoms with Crippen molar-refractivity contribution in [2.24, 2.45) is 10.8 Å². The Morgan fingerprint density at radius 2 is 1.69 bits per heavy atom. The van der Waals surface area contributed by atoms with Gasteiger partial charge in [-0.25, -0.2) is 0 Å². The van der Waals surface area contributed by atoms with E-state index in [0.29, 0.717) is 5.41 Å². The minimum absolute atomic E-state index is 0.342. The second-order valence-corrected chi connectivity index (χ2v) is 5.28. The van der Waals surface area contributed by atoms with E-state index in [0.717, 1.165) is 32.1 Å². The summed E-state index contributed by atoms with van der Waals surface area (Å²) in [7, 11) is 0. The lowest BCUT2D eigenvalue weighted by Gasteiger charge is -2.48. The van der Waals surface area contributed by atoms with E-state index in [-0.39, 0.29) is 5.41 Å². The van der Waals surface area contributed by atoms with E-state index in [1.54, 1.807) is 0 Å². The molecule has 0 atom stereocenters. The Bertz CT molecular complexity index is 222. The Morgan fingerprint density at radius 1 is 1.15 bits per heavy atom. The molecule has 2 fully saturated rings. The summed E-state index contributed by atoms with van der Waals surface area (Å²) >= 11 is 0. The van der Waals surface area contributed by atoms with Crippen LogP contribution < -0.4 is 0 Å². The molecule has 0 unspecified atom stereocenters. The van der Waals surface area contributed by atoms with E-state index >= 15 is 0 Å². The Morgan fingerprint density at radius 3 is 2.08 bits per heavy atom. The Hall–Kier alpha value is -0.530. The highest BCUT2D eigenvalue weighted by molar-refractivity contribution is 5.75. The Kier molecular flexibility index (Phi) is 1.90. The quantitative estimate of drug-likeness (QED) is 0.677. The summed E-state index contributed by atoms with van der Waals surface area (Å²) in [6.45, 7) is 2.27. The number of carbonyl (C=O) groups is 1. The highest BCUT2D eigenvalue weighted by Crippen LogP contribution is 2.55. The second-order valence-electron chi connectivity index (χ2n) is 5.28. The van der Waals surface area contributed by atoms with Crippen LogP contribution in [0.2, 0.25) is 0 Å². The first kappa shape index (κ1) is 9.04. The van der Waals surface area contributed by atoms with Crippen molar-refractivity contribution < 1.29 is 9.90 Å². The van der Waals surface area contributed by atoms with Crippen LogP contribution in [0.5, 0.6) is 0 Å². The second kappa shape index (κ2) is 2.73. The number of hydrogen-bond donors (Lipinski definition) is 1. The molecule has 0 aromatic rings. The van der Waals surface area contributed by atoms with E-state index < -0.39 is 5.97 Å². The van der Waals surface area contributed by atoms with Crippen LogP contribution in [-0.4, -0.2) is 11.1 Å².